The van der Waals surface area contributed by atoms with Gasteiger partial charge in [0.25, 0.3) is 0 Å². The second-order valence-corrected chi connectivity index (χ2v) is 5.93. The quantitative estimate of drug-likeness (QED) is 0.464. The SMILES string of the molecule is [O]=[Cr]([O-])([O-])[Au]. The van der Waals surface area contributed by atoms with Crippen molar-refractivity contribution in [3.05, 3.63) is 0 Å². The van der Waals surface area contributed by atoms with Crippen LogP contribution in [0.1, 0.15) is 0 Å². The molecule has 3 nitrogen and oxygen atoms in total. The molecule has 0 aliphatic carbocycles. The Balaban J connectivity index is 3.47. The van der Waals surface area contributed by atoms with E-state index < -0.39 is 10.7 Å². The van der Waals surface area contributed by atoms with Crippen molar-refractivity contribution in [2.75, 3.05) is 0 Å². The molecule has 0 aromatic heterocycles. The molecular weight excluding hydrogens is 297 g/mol. The van der Waals surface area contributed by atoms with Crippen LogP contribution in [0.4, 0.5) is 0 Å². The van der Waals surface area contributed by atoms with E-state index in [2.05, 4.69) is 0 Å². The predicted molar refractivity (Wildman–Crippen MR) is 0.686 cm³/mol. The molecule has 37 valence electrons. The summed E-state index contributed by atoms with van der Waals surface area (Å²) in [5.41, 5.74) is 0. The molecule has 0 saturated carbocycles. The molecule has 5 heavy (non-hydrogen) atoms. The Morgan fingerprint density at radius 2 is 1.60 bits per heavy atom. The van der Waals surface area contributed by atoms with Crippen molar-refractivity contribution >= 4 is 0 Å². The molecule has 0 rings (SSSR count). The first-order chi connectivity index (χ1) is 2.00. The summed E-state index contributed by atoms with van der Waals surface area (Å²) in [7, 11) is -4.56. The van der Waals surface area contributed by atoms with Gasteiger partial charge in [-0.25, -0.2) is 0 Å². The summed E-state index contributed by atoms with van der Waals surface area (Å²) in [6.45, 7) is 0. The van der Waals surface area contributed by atoms with Crippen molar-refractivity contribution in [3.8, 4) is 0 Å². The van der Waals surface area contributed by atoms with Gasteiger partial charge in [0.1, 0.15) is 0 Å². The van der Waals surface area contributed by atoms with E-state index in [4.69, 9.17) is 12.1 Å². The normalized spacial score (nSPS) is 12.0. The molecule has 0 aliphatic rings. The van der Waals surface area contributed by atoms with Gasteiger partial charge < -0.3 is 0 Å². The molecule has 0 aliphatic heterocycles. The summed E-state index contributed by atoms with van der Waals surface area (Å²) in [4.78, 5) is 0. The van der Waals surface area contributed by atoms with Crippen molar-refractivity contribution in [3.63, 3.8) is 0 Å². The molecule has 0 N–H and O–H groups in total. The van der Waals surface area contributed by atoms with Crippen LogP contribution in [0.3, 0.4) is 0 Å². The van der Waals surface area contributed by atoms with E-state index >= 15 is 0 Å². The van der Waals surface area contributed by atoms with Gasteiger partial charge in [0, 0.05) is 0 Å². The first-order valence-corrected chi connectivity index (χ1v) is 6.22. The summed E-state index contributed by atoms with van der Waals surface area (Å²) < 4.78 is 27.4. The van der Waals surface area contributed by atoms with E-state index in [0.717, 1.165) is 18.8 Å². The summed E-state index contributed by atoms with van der Waals surface area (Å²) in [6.07, 6.45) is 0. The fourth-order valence-corrected chi connectivity index (χ4v) is 0. The fraction of sp³-hybridized carbons (Fsp3) is 0. The standard InChI is InChI=1S/Au.Cr.3O/q;;;2*-1. The van der Waals surface area contributed by atoms with E-state index in [1.54, 1.807) is 0 Å². The molecule has 0 saturated heterocycles. The maximum atomic E-state index is 9.12. The average Bonchev–Trinajstić information content (AvgIpc) is 0.722. The number of hydrogen-bond donors (Lipinski definition) is 0. The summed E-state index contributed by atoms with van der Waals surface area (Å²) in [6, 6.07) is 0. The summed E-state index contributed by atoms with van der Waals surface area (Å²) in [5.74, 6) is 0. The van der Waals surface area contributed by atoms with Crippen molar-refractivity contribution in [2.45, 2.75) is 0 Å². The third kappa shape index (κ3) is 45.4. The second kappa shape index (κ2) is 1.63. The first kappa shape index (κ1) is 5.99. The van der Waals surface area contributed by atoms with E-state index in [1.807, 2.05) is 0 Å². The van der Waals surface area contributed by atoms with Crippen molar-refractivity contribution in [1.29, 1.82) is 0 Å². The molecular formula is AuCrO3-2. The van der Waals surface area contributed by atoms with Crippen LogP contribution in [0, 0.1) is 0 Å². The zero-order valence-corrected chi connectivity index (χ0v) is 5.38. The van der Waals surface area contributed by atoms with E-state index in [9.17, 15) is 0 Å². The molecule has 0 fully saturated rings. The molecule has 0 amide bonds. The van der Waals surface area contributed by atoms with Crippen molar-refractivity contribution in [1.82, 2.24) is 0 Å². The van der Waals surface area contributed by atoms with Gasteiger partial charge >= 0.3 is 41.7 Å². The summed E-state index contributed by atoms with van der Waals surface area (Å²) >= 11 is 1.03. The van der Waals surface area contributed by atoms with Crippen LogP contribution in [0.25, 0.3) is 0 Å². The Hall–Kier alpha value is 0.993. The van der Waals surface area contributed by atoms with Crippen LogP contribution in [0.5, 0.6) is 0 Å². The Morgan fingerprint density at radius 1 is 1.60 bits per heavy atom. The van der Waals surface area contributed by atoms with Gasteiger partial charge in [-0.3, -0.25) is 0 Å². The van der Waals surface area contributed by atoms with Crippen molar-refractivity contribution < 1.29 is 41.7 Å². The van der Waals surface area contributed by atoms with E-state index in [-0.39, 0.29) is 0 Å². The minimum atomic E-state index is -4.56. The van der Waals surface area contributed by atoms with Crippen LogP contribution < -0.4 is 8.32 Å². The zero-order chi connectivity index (χ0) is 4.50. The fourth-order valence-electron chi connectivity index (χ4n) is 0. The Labute approximate surface area is 41.8 Å². The van der Waals surface area contributed by atoms with Crippen LogP contribution in [-0.2, 0) is 33.4 Å². The topological polar surface area (TPSA) is 63.2 Å². The molecule has 0 bridgehead atoms. The van der Waals surface area contributed by atoms with Gasteiger partial charge in [-0.15, -0.1) is 0 Å². The van der Waals surface area contributed by atoms with Crippen molar-refractivity contribution in [2.24, 2.45) is 0 Å². The molecule has 0 aromatic carbocycles. The zero-order valence-electron chi connectivity index (χ0n) is 1.93. The third-order valence-corrected chi connectivity index (χ3v) is 0. The number of rotatable bonds is 0. The predicted octanol–water partition coefficient (Wildman–Crippen LogP) is -2.50. The van der Waals surface area contributed by atoms with Crippen LogP contribution in [0.15, 0.2) is 0 Å². The Kier molecular flexibility index (Phi) is 1.95. The van der Waals surface area contributed by atoms with Gasteiger partial charge in [0.05, 0.1) is 0 Å². The molecule has 0 radical (unpaired) electrons. The molecule has 0 unspecified atom stereocenters. The minimum absolute atomic E-state index is 1.03. The molecule has 0 spiro atoms. The summed E-state index contributed by atoms with van der Waals surface area (Å²) in [5, 5.41) is 0. The average molecular weight is 297 g/mol. The van der Waals surface area contributed by atoms with E-state index in [1.165, 1.54) is 0 Å². The van der Waals surface area contributed by atoms with Crippen LogP contribution in [0.2, 0.25) is 0 Å². The monoisotopic (exact) mass is 297 g/mol. The van der Waals surface area contributed by atoms with Gasteiger partial charge in [0.15, 0.2) is 0 Å². The third-order valence-electron chi connectivity index (χ3n) is 0. The molecule has 5 heteroatoms. The number of hydrogen-bond acceptors (Lipinski definition) is 3. The van der Waals surface area contributed by atoms with E-state index in [0.29, 0.717) is 0 Å². The van der Waals surface area contributed by atoms with Crippen LogP contribution in [-0.4, -0.2) is 0 Å². The van der Waals surface area contributed by atoms with Gasteiger partial charge in [-0.2, -0.15) is 0 Å². The Bertz CT molecular complexity index is 53.0. The van der Waals surface area contributed by atoms with Gasteiger partial charge in [-0.1, -0.05) is 0 Å². The van der Waals surface area contributed by atoms with Crippen LogP contribution >= 0.6 is 0 Å². The second-order valence-electron chi connectivity index (χ2n) is 0.355. The molecule has 0 heterocycles. The van der Waals surface area contributed by atoms with Gasteiger partial charge in [0.2, 0.25) is 0 Å². The van der Waals surface area contributed by atoms with Gasteiger partial charge in [-0.05, 0) is 0 Å². The maximum absolute atomic E-state index is 9.12. The first-order valence-electron chi connectivity index (χ1n) is 0.623. The molecule has 0 aromatic rings. The Morgan fingerprint density at radius 3 is 1.60 bits per heavy atom. The molecule has 0 atom stereocenters.